The molecule has 0 amide bonds. The molecule has 124 valence electrons. The predicted octanol–water partition coefficient (Wildman–Crippen LogP) is 2.55. The van der Waals surface area contributed by atoms with E-state index in [1.807, 2.05) is 6.92 Å². The summed E-state index contributed by atoms with van der Waals surface area (Å²) in [7, 11) is 0. The minimum Gasteiger partial charge on any atom is -0.426 e. The normalized spacial score (nSPS) is 12.1. The third-order valence-corrected chi connectivity index (χ3v) is 3.45. The van der Waals surface area contributed by atoms with Crippen molar-refractivity contribution in [2.24, 2.45) is 0 Å². The third-order valence-electron chi connectivity index (χ3n) is 3.45. The molecular weight excluding hydrogens is 313 g/mol. The summed E-state index contributed by atoms with van der Waals surface area (Å²) in [6.45, 7) is 3.11. The second-order valence-electron chi connectivity index (χ2n) is 5.32. The molecule has 3 N–H and O–H groups in total. The maximum absolute atomic E-state index is 13.6. The molecule has 0 aliphatic rings. The molecule has 0 radical (unpaired) electrons. The molecule has 7 nitrogen and oxygen atoms in total. The molecule has 0 bridgehead atoms. The van der Waals surface area contributed by atoms with Gasteiger partial charge in [0.15, 0.2) is 5.65 Å². The first-order chi connectivity index (χ1) is 11.4. The lowest BCUT2D eigenvalue weighted by Crippen LogP contribution is -2.12. The quantitative estimate of drug-likeness (QED) is 0.564. The molecule has 0 saturated heterocycles. The standard InChI is InChI=1S/C16H16FN5O2/c1-9(12-7-11(17)3-4-14(12)24-10(2)23)20-15-5-6-22-16(21-15)13(18)8-19-22/h3-9H,18H2,1-2H3,(H,20,21)/t9-/m1/s1. The van der Waals surface area contributed by atoms with Gasteiger partial charge in [0, 0.05) is 18.7 Å². The van der Waals surface area contributed by atoms with Gasteiger partial charge in [-0.05, 0) is 31.2 Å². The summed E-state index contributed by atoms with van der Waals surface area (Å²) in [6, 6.07) is 5.36. The average molecular weight is 329 g/mol. The number of nitrogen functional groups attached to an aromatic ring is 1. The van der Waals surface area contributed by atoms with E-state index in [-0.39, 0.29) is 6.04 Å². The summed E-state index contributed by atoms with van der Waals surface area (Å²) in [5.74, 6) is -0.0475. The van der Waals surface area contributed by atoms with Gasteiger partial charge in [0.25, 0.3) is 0 Å². The number of esters is 1. The van der Waals surface area contributed by atoms with Crippen molar-refractivity contribution in [1.82, 2.24) is 14.6 Å². The van der Waals surface area contributed by atoms with E-state index in [1.54, 1.807) is 16.8 Å². The number of nitrogens with zero attached hydrogens (tertiary/aromatic N) is 3. The highest BCUT2D eigenvalue weighted by molar-refractivity contribution is 5.70. The Balaban J connectivity index is 1.90. The van der Waals surface area contributed by atoms with Crippen molar-refractivity contribution in [3.63, 3.8) is 0 Å². The Labute approximate surface area is 137 Å². The second kappa shape index (κ2) is 6.15. The first kappa shape index (κ1) is 15.7. The number of halogens is 1. The Kier molecular flexibility index (Phi) is 4.03. The van der Waals surface area contributed by atoms with Crippen LogP contribution in [0.15, 0.2) is 36.7 Å². The van der Waals surface area contributed by atoms with Crippen LogP contribution in [-0.2, 0) is 4.79 Å². The van der Waals surface area contributed by atoms with Crippen LogP contribution in [-0.4, -0.2) is 20.6 Å². The smallest absolute Gasteiger partial charge is 0.308 e. The molecule has 3 aromatic rings. The number of hydrogen-bond acceptors (Lipinski definition) is 6. The van der Waals surface area contributed by atoms with Crippen molar-refractivity contribution in [3.8, 4) is 5.75 Å². The van der Waals surface area contributed by atoms with Gasteiger partial charge < -0.3 is 15.8 Å². The molecule has 1 aromatic carbocycles. The monoisotopic (exact) mass is 329 g/mol. The van der Waals surface area contributed by atoms with Crippen LogP contribution >= 0.6 is 0 Å². The van der Waals surface area contributed by atoms with Crippen LogP contribution in [0.25, 0.3) is 5.65 Å². The number of carbonyl (C=O) groups is 1. The van der Waals surface area contributed by atoms with Gasteiger partial charge in [-0.1, -0.05) is 0 Å². The van der Waals surface area contributed by atoms with Crippen molar-refractivity contribution < 1.29 is 13.9 Å². The van der Waals surface area contributed by atoms with E-state index < -0.39 is 11.8 Å². The predicted molar refractivity (Wildman–Crippen MR) is 87.1 cm³/mol. The highest BCUT2D eigenvalue weighted by Crippen LogP contribution is 2.28. The topological polar surface area (TPSA) is 94.5 Å². The molecular formula is C16H16FN5O2. The van der Waals surface area contributed by atoms with Gasteiger partial charge in [0.2, 0.25) is 0 Å². The van der Waals surface area contributed by atoms with Crippen LogP contribution in [0, 0.1) is 5.82 Å². The maximum Gasteiger partial charge on any atom is 0.308 e. The molecule has 0 aliphatic heterocycles. The summed E-state index contributed by atoms with van der Waals surface area (Å²) in [5.41, 5.74) is 7.29. The Bertz CT molecular complexity index is 909. The Morgan fingerprint density at radius 3 is 2.96 bits per heavy atom. The number of fused-ring (bicyclic) bond motifs is 1. The van der Waals surface area contributed by atoms with Crippen molar-refractivity contribution in [2.75, 3.05) is 11.1 Å². The van der Waals surface area contributed by atoms with E-state index in [2.05, 4.69) is 15.4 Å². The zero-order chi connectivity index (χ0) is 17.3. The van der Waals surface area contributed by atoms with Gasteiger partial charge in [-0.3, -0.25) is 4.79 Å². The lowest BCUT2D eigenvalue weighted by atomic mass is 10.1. The zero-order valence-electron chi connectivity index (χ0n) is 13.2. The number of aromatic nitrogens is 3. The summed E-state index contributed by atoms with van der Waals surface area (Å²) in [5, 5.41) is 7.19. The minimum absolute atomic E-state index is 0.300. The van der Waals surface area contributed by atoms with Crippen LogP contribution in [0.1, 0.15) is 25.5 Å². The van der Waals surface area contributed by atoms with E-state index in [0.29, 0.717) is 28.5 Å². The fourth-order valence-corrected chi connectivity index (χ4v) is 2.37. The molecule has 8 heteroatoms. The average Bonchev–Trinajstić information content (AvgIpc) is 2.89. The van der Waals surface area contributed by atoms with E-state index in [9.17, 15) is 9.18 Å². The Morgan fingerprint density at radius 2 is 2.21 bits per heavy atom. The number of hydrogen-bond donors (Lipinski definition) is 2. The lowest BCUT2D eigenvalue weighted by Gasteiger charge is -2.18. The van der Waals surface area contributed by atoms with Gasteiger partial charge in [0.05, 0.1) is 17.9 Å². The summed E-state index contributed by atoms with van der Waals surface area (Å²) in [6.07, 6.45) is 3.23. The van der Waals surface area contributed by atoms with Crippen LogP contribution in [0.3, 0.4) is 0 Å². The first-order valence-corrected chi connectivity index (χ1v) is 7.28. The largest absolute Gasteiger partial charge is 0.426 e. The lowest BCUT2D eigenvalue weighted by molar-refractivity contribution is -0.131. The molecule has 24 heavy (non-hydrogen) atoms. The fourth-order valence-electron chi connectivity index (χ4n) is 2.37. The summed E-state index contributed by atoms with van der Waals surface area (Å²) >= 11 is 0. The Morgan fingerprint density at radius 1 is 1.42 bits per heavy atom. The molecule has 0 fully saturated rings. The van der Waals surface area contributed by atoms with Gasteiger partial charge in [0.1, 0.15) is 17.4 Å². The molecule has 2 aromatic heterocycles. The number of rotatable bonds is 4. The van der Waals surface area contributed by atoms with Crippen LogP contribution in [0.4, 0.5) is 15.9 Å². The molecule has 2 heterocycles. The van der Waals surface area contributed by atoms with Crippen LogP contribution in [0.5, 0.6) is 5.75 Å². The van der Waals surface area contributed by atoms with Crippen molar-refractivity contribution in [3.05, 3.63) is 48.0 Å². The van der Waals surface area contributed by atoms with Gasteiger partial charge in [-0.25, -0.2) is 13.9 Å². The minimum atomic E-state index is -0.471. The third kappa shape index (κ3) is 3.12. The zero-order valence-corrected chi connectivity index (χ0v) is 13.2. The Hall–Kier alpha value is -3.16. The molecule has 3 rings (SSSR count). The van der Waals surface area contributed by atoms with Crippen molar-refractivity contribution in [2.45, 2.75) is 19.9 Å². The van der Waals surface area contributed by atoms with Crippen molar-refractivity contribution >= 4 is 23.1 Å². The first-order valence-electron chi connectivity index (χ1n) is 7.28. The molecule has 0 unspecified atom stereocenters. The van der Waals surface area contributed by atoms with Gasteiger partial charge in [-0.2, -0.15) is 5.10 Å². The number of nitrogens with two attached hydrogens (primary N) is 1. The highest BCUT2D eigenvalue weighted by atomic mass is 19.1. The van der Waals surface area contributed by atoms with Gasteiger partial charge >= 0.3 is 5.97 Å². The number of anilines is 2. The molecule has 1 atom stereocenters. The van der Waals surface area contributed by atoms with Crippen molar-refractivity contribution in [1.29, 1.82) is 0 Å². The SMILES string of the molecule is CC(=O)Oc1ccc(F)cc1[C@@H](C)Nc1ccn2ncc(N)c2n1. The molecule has 0 aliphatic carbocycles. The number of carbonyl (C=O) groups excluding carboxylic acids is 1. The van der Waals surface area contributed by atoms with E-state index in [0.717, 1.165) is 0 Å². The van der Waals surface area contributed by atoms with Gasteiger partial charge in [-0.15, -0.1) is 0 Å². The van der Waals surface area contributed by atoms with Crippen LogP contribution < -0.4 is 15.8 Å². The van der Waals surface area contributed by atoms with E-state index >= 15 is 0 Å². The highest BCUT2D eigenvalue weighted by Gasteiger charge is 2.15. The van der Waals surface area contributed by atoms with E-state index in [4.69, 9.17) is 10.5 Å². The summed E-state index contributed by atoms with van der Waals surface area (Å²) < 4.78 is 20.3. The second-order valence-corrected chi connectivity index (χ2v) is 5.32. The fraction of sp³-hybridized carbons (Fsp3) is 0.188. The number of benzene rings is 1. The van der Waals surface area contributed by atoms with E-state index in [1.165, 1.54) is 31.3 Å². The van der Waals surface area contributed by atoms with Crippen LogP contribution in [0.2, 0.25) is 0 Å². The summed E-state index contributed by atoms with van der Waals surface area (Å²) in [4.78, 5) is 15.6. The molecule has 0 saturated carbocycles. The number of ether oxygens (including phenoxy) is 1. The number of nitrogens with one attached hydrogen (secondary N) is 1. The molecule has 0 spiro atoms. The maximum atomic E-state index is 13.6.